The Kier molecular flexibility index (Phi) is 4.08. The second kappa shape index (κ2) is 5.55. The summed E-state index contributed by atoms with van der Waals surface area (Å²) in [5.74, 6) is 1.76. The van der Waals surface area contributed by atoms with Crippen molar-refractivity contribution in [3.8, 4) is 0 Å². The molecule has 1 N–H and O–H groups in total. The van der Waals surface area contributed by atoms with E-state index >= 15 is 0 Å². The van der Waals surface area contributed by atoms with Gasteiger partial charge < -0.3 is 9.84 Å². The fourth-order valence-corrected chi connectivity index (χ4v) is 3.43. The Hall–Kier alpha value is -0.730. The van der Waals surface area contributed by atoms with E-state index in [1.807, 2.05) is 0 Å². The number of carbonyl (C=O) groups is 1. The lowest BCUT2D eigenvalue weighted by molar-refractivity contribution is 0.0205. The molecule has 0 aliphatic heterocycles. The van der Waals surface area contributed by atoms with Crippen LogP contribution >= 0.6 is 0 Å². The van der Waals surface area contributed by atoms with Crippen molar-refractivity contribution in [2.45, 2.75) is 63.9 Å². The molecule has 2 aliphatic rings. The highest BCUT2D eigenvalue weighted by atomic mass is 16.7. The van der Waals surface area contributed by atoms with E-state index in [9.17, 15) is 4.79 Å². The lowest BCUT2D eigenvalue weighted by Crippen LogP contribution is -2.28. The molecule has 3 heteroatoms. The third-order valence-electron chi connectivity index (χ3n) is 4.30. The molecule has 0 saturated heterocycles. The van der Waals surface area contributed by atoms with Crippen LogP contribution in [0.25, 0.3) is 0 Å². The van der Waals surface area contributed by atoms with E-state index in [-0.39, 0.29) is 6.10 Å². The highest BCUT2D eigenvalue weighted by Crippen LogP contribution is 2.38. The van der Waals surface area contributed by atoms with Crippen molar-refractivity contribution in [1.29, 1.82) is 0 Å². The van der Waals surface area contributed by atoms with Gasteiger partial charge in [-0.1, -0.05) is 32.1 Å². The van der Waals surface area contributed by atoms with E-state index < -0.39 is 6.16 Å². The fraction of sp³-hybridized carbons (Fsp3) is 0.923. The number of hydrogen-bond donors (Lipinski definition) is 1. The Morgan fingerprint density at radius 1 is 0.875 bits per heavy atom. The van der Waals surface area contributed by atoms with Gasteiger partial charge >= 0.3 is 6.16 Å². The van der Waals surface area contributed by atoms with Crippen molar-refractivity contribution in [2.75, 3.05) is 0 Å². The Labute approximate surface area is 97.2 Å². The molecule has 0 aromatic heterocycles. The molecule has 0 heterocycles. The van der Waals surface area contributed by atoms with E-state index in [4.69, 9.17) is 9.84 Å². The maximum Gasteiger partial charge on any atom is 0.506 e. The second-order valence-corrected chi connectivity index (χ2v) is 5.32. The molecule has 2 fully saturated rings. The molecular formula is C13H22O3. The average Bonchev–Trinajstić information content (AvgIpc) is 2.30. The largest absolute Gasteiger partial charge is 0.506 e. The van der Waals surface area contributed by atoms with Crippen LogP contribution in [-0.2, 0) is 4.74 Å². The first kappa shape index (κ1) is 11.7. The van der Waals surface area contributed by atoms with E-state index in [0.29, 0.717) is 0 Å². The summed E-state index contributed by atoms with van der Waals surface area (Å²) in [5.41, 5.74) is 0. The molecule has 16 heavy (non-hydrogen) atoms. The molecule has 0 amide bonds. The van der Waals surface area contributed by atoms with E-state index in [1.165, 1.54) is 44.9 Å². The quantitative estimate of drug-likeness (QED) is 0.728. The van der Waals surface area contributed by atoms with Gasteiger partial charge in [0.15, 0.2) is 0 Å². The van der Waals surface area contributed by atoms with Gasteiger partial charge in [-0.25, -0.2) is 4.79 Å². The van der Waals surface area contributed by atoms with Gasteiger partial charge in [-0.15, -0.1) is 0 Å². The van der Waals surface area contributed by atoms with Gasteiger partial charge in [-0.3, -0.25) is 0 Å². The van der Waals surface area contributed by atoms with Gasteiger partial charge in [0.05, 0.1) is 0 Å². The summed E-state index contributed by atoms with van der Waals surface area (Å²) >= 11 is 0. The first-order chi connectivity index (χ1) is 7.75. The van der Waals surface area contributed by atoms with Crippen LogP contribution in [0.2, 0.25) is 0 Å². The molecule has 0 atom stereocenters. The molecular weight excluding hydrogens is 204 g/mol. The molecule has 0 bridgehead atoms. The smallest absolute Gasteiger partial charge is 0.450 e. The summed E-state index contributed by atoms with van der Waals surface area (Å²) in [5, 5.41) is 8.56. The molecule has 2 aliphatic carbocycles. The van der Waals surface area contributed by atoms with Gasteiger partial charge in [0.25, 0.3) is 0 Å². The number of hydrogen-bond acceptors (Lipinski definition) is 2. The minimum Gasteiger partial charge on any atom is -0.450 e. The molecule has 0 aromatic carbocycles. The van der Waals surface area contributed by atoms with Crippen molar-refractivity contribution < 1.29 is 14.6 Å². The first-order valence-corrected chi connectivity index (χ1v) is 6.65. The van der Waals surface area contributed by atoms with Crippen molar-refractivity contribution in [1.82, 2.24) is 0 Å². The molecule has 3 nitrogen and oxygen atoms in total. The maximum atomic E-state index is 10.4. The molecule has 0 aromatic rings. The Bertz CT molecular complexity index is 225. The molecule has 92 valence electrons. The molecule has 0 unspecified atom stereocenters. The predicted molar refractivity (Wildman–Crippen MR) is 61.4 cm³/mol. The van der Waals surface area contributed by atoms with Crippen molar-refractivity contribution >= 4 is 6.16 Å². The number of ether oxygens (including phenoxy) is 1. The summed E-state index contributed by atoms with van der Waals surface area (Å²) in [6.45, 7) is 0. The zero-order valence-electron chi connectivity index (χ0n) is 9.86. The monoisotopic (exact) mass is 226 g/mol. The molecule has 0 radical (unpaired) electrons. The maximum absolute atomic E-state index is 10.4. The minimum atomic E-state index is -1.11. The van der Waals surface area contributed by atoms with E-state index in [1.54, 1.807) is 0 Å². The minimum absolute atomic E-state index is 0.0302. The van der Waals surface area contributed by atoms with Crippen LogP contribution in [0.15, 0.2) is 0 Å². The summed E-state index contributed by atoms with van der Waals surface area (Å²) in [6.07, 6.45) is 10.1. The van der Waals surface area contributed by atoms with Crippen LogP contribution in [0.4, 0.5) is 4.79 Å². The normalized spacial score (nSPS) is 32.2. The van der Waals surface area contributed by atoms with Crippen molar-refractivity contribution in [3.63, 3.8) is 0 Å². The Morgan fingerprint density at radius 3 is 2.00 bits per heavy atom. The molecule has 2 saturated carbocycles. The SMILES string of the molecule is O=C(O)OC1CCC(C2CCCCC2)CC1. The Balaban J connectivity index is 1.73. The first-order valence-electron chi connectivity index (χ1n) is 6.65. The standard InChI is InChI=1S/C13H22O3/c14-13(15)16-12-8-6-11(7-9-12)10-4-2-1-3-5-10/h10-12H,1-9H2,(H,14,15). The van der Waals surface area contributed by atoms with Crippen LogP contribution in [0, 0.1) is 11.8 Å². The zero-order valence-corrected chi connectivity index (χ0v) is 9.86. The second-order valence-electron chi connectivity index (χ2n) is 5.32. The summed E-state index contributed by atoms with van der Waals surface area (Å²) in [7, 11) is 0. The van der Waals surface area contributed by atoms with Gasteiger partial charge in [0, 0.05) is 0 Å². The van der Waals surface area contributed by atoms with Crippen LogP contribution in [0.1, 0.15) is 57.8 Å². The lowest BCUT2D eigenvalue weighted by Gasteiger charge is -2.35. The summed E-state index contributed by atoms with van der Waals surface area (Å²) < 4.78 is 4.84. The van der Waals surface area contributed by atoms with Crippen LogP contribution < -0.4 is 0 Å². The van der Waals surface area contributed by atoms with Crippen LogP contribution in [0.5, 0.6) is 0 Å². The summed E-state index contributed by atoms with van der Waals surface area (Å²) in [6, 6.07) is 0. The van der Waals surface area contributed by atoms with Crippen molar-refractivity contribution in [2.24, 2.45) is 11.8 Å². The van der Waals surface area contributed by atoms with E-state index in [0.717, 1.165) is 24.7 Å². The zero-order chi connectivity index (χ0) is 11.4. The molecule has 2 rings (SSSR count). The van der Waals surface area contributed by atoms with Crippen LogP contribution in [0.3, 0.4) is 0 Å². The third kappa shape index (κ3) is 3.13. The topological polar surface area (TPSA) is 46.5 Å². The predicted octanol–water partition coefficient (Wildman–Crippen LogP) is 3.82. The highest BCUT2D eigenvalue weighted by Gasteiger charge is 2.29. The molecule has 0 spiro atoms. The fourth-order valence-electron chi connectivity index (χ4n) is 3.43. The van der Waals surface area contributed by atoms with Gasteiger partial charge in [-0.2, -0.15) is 0 Å². The average molecular weight is 226 g/mol. The Morgan fingerprint density at radius 2 is 1.44 bits per heavy atom. The van der Waals surface area contributed by atoms with Gasteiger partial charge in [0.1, 0.15) is 6.10 Å². The van der Waals surface area contributed by atoms with Crippen molar-refractivity contribution in [3.05, 3.63) is 0 Å². The third-order valence-corrected chi connectivity index (χ3v) is 4.30. The van der Waals surface area contributed by atoms with Crippen LogP contribution in [-0.4, -0.2) is 17.4 Å². The number of carboxylic acid groups (broad SMARTS) is 1. The van der Waals surface area contributed by atoms with Gasteiger partial charge in [0.2, 0.25) is 0 Å². The number of rotatable bonds is 2. The van der Waals surface area contributed by atoms with E-state index in [2.05, 4.69) is 0 Å². The van der Waals surface area contributed by atoms with Gasteiger partial charge in [-0.05, 0) is 37.5 Å². The lowest BCUT2D eigenvalue weighted by atomic mass is 9.73. The highest BCUT2D eigenvalue weighted by molar-refractivity contribution is 5.57. The summed E-state index contributed by atoms with van der Waals surface area (Å²) in [4.78, 5) is 10.4.